The van der Waals surface area contributed by atoms with Gasteiger partial charge in [-0.25, -0.2) is 14.8 Å². The summed E-state index contributed by atoms with van der Waals surface area (Å²) >= 11 is 5.86. The van der Waals surface area contributed by atoms with E-state index in [2.05, 4.69) is 15.3 Å². The molecule has 0 aliphatic rings. The molecule has 0 aliphatic carbocycles. The number of nitrogens with one attached hydrogen (secondary N) is 1. The molecular weight excluding hydrogens is 294 g/mol. The number of carbonyl (C=O) groups is 2. The number of halogens is 1. The minimum absolute atomic E-state index is 0.144. The van der Waals surface area contributed by atoms with Gasteiger partial charge in [0.25, 0.3) is 5.91 Å². The lowest BCUT2D eigenvalue weighted by atomic mass is 10.2. The normalized spacial score (nSPS) is 10.2. The van der Waals surface area contributed by atoms with Gasteiger partial charge in [0.15, 0.2) is 5.69 Å². The molecule has 2 N–H and O–H groups in total. The maximum Gasteiger partial charge on any atom is 0.354 e. The number of hydrogen-bond acceptors (Lipinski definition) is 4. The Hall–Kier alpha value is -2.47. The molecule has 6 nitrogen and oxygen atoms in total. The summed E-state index contributed by atoms with van der Waals surface area (Å²) in [6, 6.07) is 7.42. The van der Waals surface area contributed by atoms with Crippen molar-refractivity contribution in [3.05, 3.63) is 52.4 Å². The fourth-order valence-corrected chi connectivity index (χ4v) is 1.90. The number of anilines is 1. The lowest BCUT2D eigenvalue weighted by Crippen LogP contribution is -2.14. The maximum absolute atomic E-state index is 12.1. The van der Waals surface area contributed by atoms with Crippen molar-refractivity contribution in [1.29, 1.82) is 0 Å². The predicted octanol–water partition coefficient (Wildman–Crippen LogP) is 2.64. The SMILES string of the molecule is CCc1cc(C(=O)Nc2cccc(C(=O)O)n2)cc(Cl)n1. The van der Waals surface area contributed by atoms with E-state index >= 15 is 0 Å². The zero-order valence-corrected chi connectivity index (χ0v) is 11.9. The monoisotopic (exact) mass is 305 g/mol. The van der Waals surface area contributed by atoms with Gasteiger partial charge in [0.1, 0.15) is 11.0 Å². The first-order valence-electron chi connectivity index (χ1n) is 6.17. The summed E-state index contributed by atoms with van der Waals surface area (Å²) in [5, 5.41) is 11.6. The third-order valence-corrected chi connectivity index (χ3v) is 2.87. The van der Waals surface area contributed by atoms with Gasteiger partial charge >= 0.3 is 5.97 Å². The number of rotatable bonds is 4. The van der Waals surface area contributed by atoms with Crippen LogP contribution in [0.1, 0.15) is 33.5 Å². The van der Waals surface area contributed by atoms with Gasteiger partial charge < -0.3 is 10.4 Å². The third-order valence-electron chi connectivity index (χ3n) is 2.68. The van der Waals surface area contributed by atoms with Gasteiger partial charge in [0, 0.05) is 11.3 Å². The Balaban J connectivity index is 2.23. The van der Waals surface area contributed by atoms with Crippen molar-refractivity contribution in [3.8, 4) is 0 Å². The van der Waals surface area contributed by atoms with E-state index in [1.165, 1.54) is 24.3 Å². The second-order valence-corrected chi connectivity index (χ2v) is 4.58. The van der Waals surface area contributed by atoms with Gasteiger partial charge in [-0.15, -0.1) is 0 Å². The molecule has 2 aromatic heterocycles. The zero-order chi connectivity index (χ0) is 15.4. The van der Waals surface area contributed by atoms with E-state index in [0.717, 1.165) is 0 Å². The molecule has 0 aromatic carbocycles. The Morgan fingerprint density at radius 3 is 2.71 bits per heavy atom. The van der Waals surface area contributed by atoms with E-state index in [9.17, 15) is 9.59 Å². The molecule has 0 unspecified atom stereocenters. The molecule has 108 valence electrons. The Kier molecular flexibility index (Phi) is 4.49. The van der Waals surface area contributed by atoms with Crippen molar-refractivity contribution in [2.75, 3.05) is 5.32 Å². The van der Waals surface area contributed by atoms with Crippen LogP contribution in [0, 0.1) is 0 Å². The van der Waals surface area contributed by atoms with E-state index in [0.29, 0.717) is 17.7 Å². The summed E-state index contributed by atoms with van der Waals surface area (Å²) < 4.78 is 0. The summed E-state index contributed by atoms with van der Waals surface area (Å²) in [6.45, 7) is 1.90. The number of carboxylic acids is 1. The Morgan fingerprint density at radius 2 is 2.05 bits per heavy atom. The Labute approximate surface area is 125 Å². The van der Waals surface area contributed by atoms with Crippen molar-refractivity contribution in [1.82, 2.24) is 9.97 Å². The first-order valence-corrected chi connectivity index (χ1v) is 6.55. The number of aryl methyl sites for hydroxylation is 1. The molecule has 2 rings (SSSR count). The average Bonchev–Trinajstić information content (AvgIpc) is 2.46. The van der Waals surface area contributed by atoms with E-state index in [1.807, 2.05) is 6.92 Å². The van der Waals surface area contributed by atoms with Crippen LogP contribution >= 0.6 is 11.6 Å². The molecule has 2 aromatic rings. The fourth-order valence-electron chi connectivity index (χ4n) is 1.68. The maximum atomic E-state index is 12.1. The number of aromatic carboxylic acids is 1. The lowest BCUT2D eigenvalue weighted by Gasteiger charge is -2.07. The molecule has 7 heteroatoms. The topological polar surface area (TPSA) is 92.2 Å². The number of aromatic nitrogens is 2. The van der Waals surface area contributed by atoms with Gasteiger partial charge in [-0.1, -0.05) is 24.6 Å². The standard InChI is InChI=1S/C14H12ClN3O3/c1-2-9-6-8(7-11(15)16-9)13(19)18-12-5-3-4-10(17-12)14(20)21/h3-7H,2H2,1H3,(H,20,21)(H,17,18,19). The molecule has 1 amide bonds. The van der Waals surface area contributed by atoms with Crippen LogP contribution in [-0.4, -0.2) is 27.0 Å². The van der Waals surface area contributed by atoms with Crippen LogP contribution in [-0.2, 0) is 6.42 Å². The highest BCUT2D eigenvalue weighted by Crippen LogP contribution is 2.13. The van der Waals surface area contributed by atoms with Gasteiger partial charge in [0.2, 0.25) is 0 Å². The first kappa shape index (κ1) is 14.9. The van der Waals surface area contributed by atoms with Crippen LogP contribution in [0.3, 0.4) is 0 Å². The van der Waals surface area contributed by atoms with Crippen LogP contribution in [0.25, 0.3) is 0 Å². The number of hydrogen-bond donors (Lipinski definition) is 2. The largest absolute Gasteiger partial charge is 0.477 e. The van der Waals surface area contributed by atoms with Crippen molar-refractivity contribution >= 4 is 29.3 Å². The number of carboxylic acid groups (broad SMARTS) is 1. The Bertz CT molecular complexity index is 704. The van der Waals surface area contributed by atoms with Gasteiger partial charge in [-0.05, 0) is 30.7 Å². The molecule has 0 aliphatic heterocycles. The molecule has 0 fully saturated rings. The summed E-state index contributed by atoms with van der Waals surface area (Å²) in [6.07, 6.45) is 0.646. The van der Waals surface area contributed by atoms with Gasteiger partial charge in [-0.2, -0.15) is 0 Å². The quantitative estimate of drug-likeness (QED) is 0.847. The second kappa shape index (κ2) is 6.32. The molecule has 0 radical (unpaired) electrons. The van der Waals surface area contributed by atoms with Crippen molar-refractivity contribution in [3.63, 3.8) is 0 Å². The zero-order valence-electron chi connectivity index (χ0n) is 11.1. The predicted molar refractivity (Wildman–Crippen MR) is 77.8 cm³/mol. The van der Waals surface area contributed by atoms with Crippen LogP contribution in [0.2, 0.25) is 5.15 Å². The van der Waals surface area contributed by atoms with Crippen LogP contribution in [0.5, 0.6) is 0 Å². The van der Waals surface area contributed by atoms with Crippen LogP contribution < -0.4 is 5.32 Å². The van der Waals surface area contributed by atoms with Crippen molar-refractivity contribution < 1.29 is 14.7 Å². The first-order chi connectivity index (χ1) is 9.99. The summed E-state index contributed by atoms with van der Waals surface area (Å²) in [4.78, 5) is 30.9. The van der Waals surface area contributed by atoms with E-state index in [1.54, 1.807) is 6.07 Å². The molecule has 0 spiro atoms. The molecule has 0 bridgehead atoms. The second-order valence-electron chi connectivity index (χ2n) is 4.19. The van der Waals surface area contributed by atoms with Crippen molar-refractivity contribution in [2.45, 2.75) is 13.3 Å². The van der Waals surface area contributed by atoms with Crippen LogP contribution in [0.15, 0.2) is 30.3 Å². The summed E-state index contributed by atoms with van der Waals surface area (Å²) in [5.74, 6) is -1.43. The highest BCUT2D eigenvalue weighted by Gasteiger charge is 2.11. The highest BCUT2D eigenvalue weighted by atomic mass is 35.5. The Morgan fingerprint density at radius 1 is 1.29 bits per heavy atom. The lowest BCUT2D eigenvalue weighted by molar-refractivity contribution is 0.0690. The third kappa shape index (κ3) is 3.76. The minimum atomic E-state index is -1.16. The number of pyridine rings is 2. The average molecular weight is 306 g/mol. The van der Waals surface area contributed by atoms with Gasteiger partial charge in [0.05, 0.1) is 0 Å². The molecule has 0 saturated heterocycles. The van der Waals surface area contributed by atoms with E-state index in [-0.39, 0.29) is 16.7 Å². The molecule has 0 saturated carbocycles. The summed E-state index contributed by atoms with van der Waals surface area (Å²) in [5.41, 5.74) is 0.893. The number of nitrogens with zero attached hydrogens (tertiary/aromatic N) is 2. The fraction of sp³-hybridized carbons (Fsp3) is 0.143. The molecule has 0 atom stereocenters. The van der Waals surface area contributed by atoms with Gasteiger partial charge in [-0.3, -0.25) is 4.79 Å². The number of carbonyl (C=O) groups excluding carboxylic acids is 1. The molecule has 21 heavy (non-hydrogen) atoms. The molecule has 2 heterocycles. The van der Waals surface area contributed by atoms with Crippen LogP contribution in [0.4, 0.5) is 5.82 Å². The van der Waals surface area contributed by atoms with Crippen molar-refractivity contribution in [2.24, 2.45) is 0 Å². The molecular formula is C14H12ClN3O3. The summed E-state index contributed by atoms with van der Waals surface area (Å²) in [7, 11) is 0. The minimum Gasteiger partial charge on any atom is -0.477 e. The highest BCUT2D eigenvalue weighted by molar-refractivity contribution is 6.29. The van der Waals surface area contributed by atoms with E-state index in [4.69, 9.17) is 16.7 Å². The smallest absolute Gasteiger partial charge is 0.354 e. The number of amides is 1. The van der Waals surface area contributed by atoms with E-state index < -0.39 is 11.9 Å².